The first-order chi connectivity index (χ1) is 14.8. The Morgan fingerprint density at radius 3 is 2.70 bits per heavy atom. The van der Waals surface area contributed by atoms with E-state index in [2.05, 4.69) is 20.9 Å². The van der Waals surface area contributed by atoms with Gasteiger partial charge >= 0.3 is 0 Å². The van der Waals surface area contributed by atoms with Crippen molar-refractivity contribution >= 4 is 11.7 Å². The highest BCUT2D eigenvalue weighted by Crippen LogP contribution is 2.22. The third-order valence-electron chi connectivity index (χ3n) is 5.32. The molecule has 3 aromatic rings. The van der Waals surface area contributed by atoms with Crippen molar-refractivity contribution in [2.24, 2.45) is 5.92 Å². The molecule has 154 valence electrons. The smallest absolute Gasteiger partial charge is 0.255 e. The average Bonchev–Trinajstić information content (AvgIpc) is 3.32. The zero-order valence-corrected chi connectivity index (χ0v) is 17.0. The van der Waals surface area contributed by atoms with Gasteiger partial charge in [0, 0.05) is 37.0 Å². The van der Waals surface area contributed by atoms with E-state index >= 15 is 0 Å². The number of rotatable bonds is 8. The van der Waals surface area contributed by atoms with E-state index in [0.29, 0.717) is 30.4 Å². The van der Waals surface area contributed by atoms with Crippen molar-refractivity contribution in [3.05, 3.63) is 78.1 Å². The lowest BCUT2D eigenvalue weighted by Crippen LogP contribution is -2.31. The molecule has 6 nitrogen and oxygen atoms in total. The van der Waals surface area contributed by atoms with Crippen molar-refractivity contribution in [1.82, 2.24) is 20.6 Å². The molecule has 2 aromatic heterocycles. The second-order valence-corrected chi connectivity index (χ2v) is 7.53. The number of carbonyl (C=O) groups excluding carboxylic acids is 1. The summed E-state index contributed by atoms with van der Waals surface area (Å²) in [6.45, 7) is 3.31. The molecular formula is C24H27N5O. The molecule has 1 saturated heterocycles. The van der Waals surface area contributed by atoms with Gasteiger partial charge in [-0.3, -0.25) is 9.78 Å². The molecule has 1 atom stereocenters. The molecule has 0 saturated carbocycles. The Bertz CT molecular complexity index is 956. The van der Waals surface area contributed by atoms with E-state index in [-0.39, 0.29) is 5.91 Å². The van der Waals surface area contributed by atoms with Crippen LogP contribution in [-0.4, -0.2) is 42.1 Å². The maximum atomic E-state index is 12.9. The minimum absolute atomic E-state index is 0.0886. The minimum atomic E-state index is -0.0886. The summed E-state index contributed by atoms with van der Waals surface area (Å²) in [4.78, 5) is 22.0. The Morgan fingerprint density at radius 2 is 1.93 bits per heavy atom. The highest BCUT2D eigenvalue weighted by molar-refractivity contribution is 5.99. The van der Waals surface area contributed by atoms with E-state index in [9.17, 15) is 4.79 Å². The van der Waals surface area contributed by atoms with E-state index in [0.717, 1.165) is 42.9 Å². The van der Waals surface area contributed by atoms with Crippen molar-refractivity contribution in [2.75, 3.05) is 31.5 Å². The van der Waals surface area contributed by atoms with E-state index in [1.54, 1.807) is 6.20 Å². The normalized spacial score (nSPS) is 15.7. The number of hydrogen-bond donors (Lipinski definition) is 3. The van der Waals surface area contributed by atoms with Gasteiger partial charge in [-0.25, -0.2) is 4.98 Å². The topological polar surface area (TPSA) is 78.9 Å². The lowest BCUT2D eigenvalue weighted by atomic mass is 10.1. The standard InChI is InChI=1S/C24H27N5O/c30-24(28-17-18-11-14-25-16-18)21-9-10-22(19-6-2-1-3-7-19)29-23(21)27-15-12-20-8-4-5-13-26-20/h1-10,13,18,25H,11-12,14-17H2,(H,27,29)(H,28,30)/t18-/m1/s1. The van der Waals surface area contributed by atoms with Crippen LogP contribution in [0.15, 0.2) is 66.9 Å². The molecule has 1 aromatic carbocycles. The number of aromatic nitrogens is 2. The Kier molecular flexibility index (Phi) is 6.67. The van der Waals surface area contributed by atoms with Crippen molar-refractivity contribution in [3.63, 3.8) is 0 Å². The summed E-state index contributed by atoms with van der Waals surface area (Å²) in [6, 6.07) is 19.7. The molecule has 0 spiro atoms. The maximum absolute atomic E-state index is 12.9. The molecule has 0 unspecified atom stereocenters. The van der Waals surface area contributed by atoms with Gasteiger partial charge in [0.05, 0.1) is 11.3 Å². The Morgan fingerprint density at radius 1 is 1.07 bits per heavy atom. The summed E-state index contributed by atoms with van der Waals surface area (Å²) in [5, 5.41) is 9.77. The number of nitrogens with one attached hydrogen (secondary N) is 3. The molecule has 3 N–H and O–H groups in total. The second kappa shape index (κ2) is 9.98. The summed E-state index contributed by atoms with van der Waals surface area (Å²) >= 11 is 0. The summed E-state index contributed by atoms with van der Waals surface area (Å²) < 4.78 is 0. The number of anilines is 1. The van der Waals surface area contributed by atoms with Crippen molar-refractivity contribution in [3.8, 4) is 11.3 Å². The maximum Gasteiger partial charge on any atom is 0.255 e. The number of nitrogens with zero attached hydrogens (tertiary/aromatic N) is 2. The molecule has 1 amide bonds. The van der Waals surface area contributed by atoms with Gasteiger partial charge in [0.1, 0.15) is 5.82 Å². The van der Waals surface area contributed by atoms with Gasteiger partial charge in [0.2, 0.25) is 0 Å². The van der Waals surface area contributed by atoms with E-state index in [1.807, 2.05) is 60.7 Å². The van der Waals surface area contributed by atoms with E-state index in [4.69, 9.17) is 4.98 Å². The van der Waals surface area contributed by atoms with Gasteiger partial charge in [-0.05, 0) is 49.7 Å². The van der Waals surface area contributed by atoms with Crippen molar-refractivity contribution < 1.29 is 4.79 Å². The zero-order valence-electron chi connectivity index (χ0n) is 17.0. The number of hydrogen-bond acceptors (Lipinski definition) is 5. The van der Waals surface area contributed by atoms with Crippen LogP contribution < -0.4 is 16.0 Å². The SMILES string of the molecule is O=C(NC[C@@H]1CCNC1)c1ccc(-c2ccccc2)nc1NCCc1ccccn1. The van der Waals surface area contributed by atoms with Crippen molar-refractivity contribution in [1.29, 1.82) is 0 Å². The minimum Gasteiger partial charge on any atom is -0.369 e. The molecule has 6 heteroatoms. The molecule has 0 radical (unpaired) electrons. The summed E-state index contributed by atoms with van der Waals surface area (Å²) in [7, 11) is 0. The number of pyridine rings is 2. The molecular weight excluding hydrogens is 374 g/mol. The monoisotopic (exact) mass is 401 g/mol. The second-order valence-electron chi connectivity index (χ2n) is 7.53. The summed E-state index contributed by atoms with van der Waals surface area (Å²) in [6.07, 6.45) is 3.65. The Labute approximate surface area is 177 Å². The van der Waals surface area contributed by atoms with Crippen LogP contribution in [0.1, 0.15) is 22.5 Å². The Hall–Kier alpha value is -3.25. The number of carbonyl (C=O) groups is 1. The summed E-state index contributed by atoms with van der Waals surface area (Å²) in [5.74, 6) is 1.01. The van der Waals surface area contributed by atoms with Crippen LogP contribution in [0.3, 0.4) is 0 Å². The van der Waals surface area contributed by atoms with Gasteiger partial charge in [0.15, 0.2) is 0 Å². The molecule has 3 heterocycles. The van der Waals surface area contributed by atoms with Crippen LogP contribution in [0.4, 0.5) is 5.82 Å². The molecule has 1 aliphatic heterocycles. The fourth-order valence-electron chi connectivity index (χ4n) is 3.62. The third-order valence-corrected chi connectivity index (χ3v) is 5.32. The molecule has 4 rings (SSSR count). The number of benzene rings is 1. The fourth-order valence-corrected chi connectivity index (χ4v) is 3.62. The quantitative estimate of drug-likeness (QED) is 0.540. The zero-order chi connectivity index (χ0) is 20.6. The van der Waals surface area contributed by atoms with Crippen LogP contribution >= 0.6 is 0 Å². The van der Waals surface area contributed by atoms with Crippen LogP contribution in [0.2, 0.25) is 0 Å². The predicted octanol–water partition coefficient (Wildman–Crippen LogP) is 3.14. The van der Waals surface area contributed by atoms with Crippen LogP contribution in [0.5, 0.6) is 0 Å². The molecule has 30 heavy (non-hydrogen) atoms. The predicted molar refractivity (Wildman–Crippen MR) is 119 cm³/mol. The molecule has 0 aliphatic carbocycles. The van der Waals surface area contributed by atoms with Crippen LogP contribution in [-0.2, 0) is 6.42 Å². The third kappa shape index (κ3) is 5.21. The fraction of sp³-hybridized carbons (Fsp3) is 0.292. The number of amides is 1. The highest BCUT2D eigenvalue weighted by atomic mass is 16.1. The summed E-state index contributed by atoms with van der Waals surface area (Å²) in [5.41, 5.74) is 3.44. The van der Waals surface area contributed by atoms with Crippen LogP contribution in [0.25, 0.3) is 11.3 Å². The first kappa shape index (κ1) is 20.0. The van der Waals surface area contributed by atoms with Crippen LogP contribution in [0, 0.1) is 5.92 Å². The van der Waals surface area contributed by atoms with E-state index in [1.165, 1.54) is 0 Å². The molecule has 0 bridgehead atoms. The van der Waals surface area contributed by atoms with Gasteiger partial charge in [-0.2, -0.15) is 0 Å². The van der Waals surface area contributed by atoms with Gasteiger partial charge in [-0.15, -0.1) is 0 Å². The first-order valence-electron chi connectivity index (χ1n) is 10.5. The lowest BCUT2D eigenvalue weighted by molar-refractivity contribution is 0.0948. The molecule has 1 fully saturated rings. The van der Waals surface area contributed by atoms with Gasteiger partial charge in [-0.1, -0.05) is 36.4 Å². The van der Waals surface area contributed by atoms with E-state index < -0.39 is 0 Å². The first-order valence-corrected chi connectivity index (χ1v) is 10.5. The molecule has 1 aliphatic rings. The van der Waals surface area contributed by atoms with Crippen molar-refractivity contribution in [2.45, 2.75) is 12.8 Å². The Balaban J connectivity index is 1.50. The largest absolute Gasteiger partial charge is 0.369 e. The van der Waals surface area contributed by atoms with Gasteiger partial charge < -0.3 is 16.0 Å². The average molecular weight is 402 g/mol. The van der Waals surface area contributed by atoms with Gasteiger partial charge in [0.25, 0.3) is 5.91 Å². The highest BCUT2D eigenvalue weighted by Gasteiger charge is 2.18. The lowest BCUT2D eigenvalue weighted by Gasteiger charge is -2.15.